The molecule has 0 spiro atoms. The molecule has 14 heavy (non-hydrogen) atoms. The van der Waals surface area contributed by atoms with Crippen molar-refractivity contribution in [3.63, 3.8) is 0 Å². The van der Waals surface area contributed by atoms with Crippen molar-refractivity contribution in [3.8, 4) is 5.95 Å². The maximum Gasteiger partial charge on any atom is 0.299 e. The zero-order chi connectivity index (χ0) is 11.0. The number of furan rings is 1. The Morgan fingerprint density at radius 1 is 1.14 bits per heavy atom. The van der Waals surface area contributed by atoms with Crippen molar-refractivity contribution < 1.29 is 9.15 Å². The van der Waals surface area contributed by atoms with Gasteiger partial charge >= 0.3 is 0 Å². The average Bonchev–Trinajstić information content (AvgIpc) is 2.29. The van der Waals surface area contributed by atoms with E-state index >= 15 is 0 Å². The SMILES string of the molecule is CC(C)(C)Oc1ccc([N+](C)(C)C)o1. The van der Waals surface area contributed by atoms with Crippen LogP contribution in [0.3, 0.4) is 0 Å². The molecular weight excluding hydrogens is 178 g/mol. The Morgan fingerprint density at radius 2 is 1.71 bits per heavy atom. The Hall–Kier alpha value is -0.960. The molecule has 0 saturated heterocycles. The molecule has 0 aliphatic rings. The van der Waals surface area contributed by atoms with Crippen LogP contribution in [0.1, 0.15) is 20.8 Å². The van der Waals surface area contributed by atoms with Crippen LogP contribution in [0.4, 0.5) is 5.88 Å². The normalized spacial score (nSPS) is 13.0. The maximum absolute atomic E-state index is 5.60. The van der Waals surface area contributed by atoms with Crippen LogP contribution in [0.25, 0.3) is 0 Å². The van der Waals surface area contributed by atoms with E-state index < -0.39 is 0 Å². The Kier molecular flexibility index (Phi) is 2.63. The van der Waals surface area contributed by atoms with Crippen LogP contribution in [-0.4, -0.2) is 26.7 Å². The van der Waals surface area contributed by atoms with E-state index in [1.807, 2.05) is 32.9 Å². The molecule has 0 radical (unpaired) electrons. The second kappa shape index (κ2) is 3.31. The number of hydrogen-bond donors (Lipinski definition) is 0. The lowest BCUT2D eigenvalue weighted by atomic mass is 10.2. The van der Waals surface area contributed by atoms with E-state index in [1.165, 1.54) is 0 Å². The first-order chi connectivity index (χ1) is 6.18. The van der Waals surface area contributed by atoms with Crippen LogP contribution < -0.4 is 9.22 Å². The van der Waals surface area contributed by atoms with Gasteiger partial charge in [-0.25, -0.2) is 0 Å². The summed E-state index contributed by atoms with van der Waals surface area (Å²) in [6.07, 6.45) is 0. The molecule has 1 rings (SSSR count). The Morgan fingerprint density at radius 3 is 2.07 bits per heavy atom. The van der Waals surface area contributed by atoms with Crippen LogP contribution in [0.5, 0.6) is 5.95 Å². The Balaban J connectivity index is 2.79. The van der Waals surface area contributed by atoms with E-state index in [1.54, 1.807) is 0 Å². The smallest absolute Gasteiger partial charge is 0.299 e. The summed E-state index contributed by atoms with van der Waals surface area (Å²) in [4.78, 5) is 0. The second-order valence-electron chi connectivity index (χ2n) is 5.32. The van der Waals surface area contributed by atoms with E-state index in [4.69, 9.17) is 9.15 Å². The van der Waals surface area contributed by atoms with Gasteiger partial charge in [0.15, 0.2) is 0 Å². The first-order valence-electron chi connectivity index (χ1n) is 4.79. The van der Waals surface area contributed by atoms with E-state index in [2.05, 4.69) is 21.1 Å². The van der Waals surface area contributed by atoms with Crippen LogP contribution in [0.2, 0.25) is 0 Å². The second-order valence-corrected chi connectivity index (χ2v) is 5.32. The molecule has 0 aliphatic heterocycles. The molecule has 3 nitrogen and oxygen atoms in total. The fourth-order valence-electron chi connectivity index (χ4n) is 1.03. The van der Waals surface area contributed by atoms with Gasteiger partial charge in [-0.1, -0.05) is 0 Å². The molecule has 1 aromatic rings. The number of hydrogen-bond acceptors (Lipinski definition) is 2. The predicted molar refractivity (Wildman–Crippen MR) is 58.7 cm³/mol. The molecule has 0 unspecified atom stereocenters. The first kappa shape index (κ1) is 11.1. The number of quaternary nitrogens is 1. The van der Waals surface area contributed by atoms with E-state index in [9.17, 15) is 0 Å². The Bertz CT molecular complexity index is 302. The summed E-state index contributed by atoms with van der Waals surface area (Å²) in [6, 6.07) is 3.81. The standard InChI is InChI=1S/C11H20NO2/c1-11(2,3)14-10-8-7-9(13-10)12(4,5)6/h7-8H,1-6H3/q+1. The molecule has 1 heterocycles. The van der Waals surface area contributed by atoms with Gasteiger partial charge in [0.25, 0.3) is 11.8 Å². The van der Waals surface area contributed by atoms with Gasteiger partial charge in [0.1, 0.15) is 5.60 Å². The molecule has 0 fully saturated rings. The third kappa shape index (κ3) is 3.07. The molecule has 0 bridgehead atoms. The lowest BCUT2D eigenvalue weighted by Crippen LogP contribution is -2.34. The molecule has 0 N–H and O–H groups in total. The average molecular weight is 198 g/mol. The van der Waals surface area contributed by atoms with Gasteiger partial charge in [0.05, 0.1) is 21.1 Å². The number of ether oxygens (including phenoxy) is 1. The zero-order valence-corrected chi connectivity index (χ0v) is 9.92. The van der Waals surface area contributed by atoms with Crippen LogP contribution in [0, 0.1) is 0 Å². The van der Waals surface area contributed by atoms with Crippen molar-refractivity contribution >= 4 is 5.88 Å². The summed E-state index contributed by atoms with van der Waals surface area (Å²) >= 11 is 0. The highest BCUT2D eigenvalue weighted by Crippen LogP contribution is 2.27. The minimum atomic E-state index is -0.208. The molecule has 0 aliphatic carbocycles. The van der Waals surface area contributed by atoms with Gasteiger partial charge in [-0.15, -0.1) is 0 Å². The van der Waals surface area contributed by atoms with E-state index in [0.29, 0.717) is 10.4 Å². The summed E-state index contributed by atoms with van der Waals surface area (Å²) < 4.78 is 11.8. The van der Waals surface area contributed by atoms with Crippen molar-refractivity contribution in [1.29, 1.82) is 0 Å². The first-order valence-corrected chi connectivity index (χ1v) is 4.79. The minimum absolute atomic E-state index is 0.208. The van der Waals surface area contributed by atoms with Gasteiger partial charge in [-0.2, -0.15) is 0 Å². The van der Waals surface area contributed by atoms with Crippen molar-refractivity contribution in [3.05, 3.63) is 12.1 Å². The topological polar surface area (TPSA) is 22.4 Å². The molecule has 0 saturated carbocycles. The van der Waals surface area contributed by atoms with Crippen molar-refractivity contribution in [2.24, 2.45) is 0 Å². The minimum Gasteiger partial charge on any atom is -0.459 e. The molecule has 0 amide bonds. The monoisotopic (exact) mass is 198 g/mol. The fraction of sp³-hybridized carbons (Fsp3) is 0.636. The summed E-state index contributed by atoms with van der Waals surface area (Å²) in [5.74, 6) is 1.48. The van der Waals surface area contributed by atoms with E-state index in [0.717, 1.165) is 5.88 Å². The molecule has 0 atom stereocenters. The predicted octanol–water partition coefficient (Wildman–Crippen LogP) is 2.65. The van der Waals surface area contributed by atoms with Gasteiger partial charge in [-0.05, 0) is 20.8 Å². The van der Waals surface area contributed by atoms with Crippen LogP contribution in [0.15, 0.2) is 16.5 Å². The van der Waals surface area contributed by atoms with Gasteiger partial charge in [-0.3, -0.25) is 4.48 Å². The highest BCUT2D eigenvalue weighted by Gasteiger charge is 2.20. The lowest BCUT2D eigenvalue weighted by Gasteiger charge is -2.20. The number of nitrogens with zero attached hydrogens (tertiary/aromatic N) is 1. The molecule has 1 aromatic heterocycles. The van der Waals surface area contributed by atoms with Gasteiger partial charge in [0, 0.05) is 12.1 Å². The Labute approximate surface area is 85.9 Å². The van der Waals surface area contributed by atoms with Crippen molar-refractivity contribution in [2.75, 3.05) is 21.1 Å². The highest BCUT2D eigenvalue weighted by atomic mass is 16.6. The maximum atomic E-state index is 5.60. The summed E-state index contributed by atoms with van der Waals surface area (Å²) in [5, 5.41) is 0. The lowest BCUT2D eigenvalue weighted by molar-refractivity contribution is 0.0931. The van der Waals surface area contributed by atoms with Crippen molar-refractivity contribution in [1.82, 2.24) is 4.48 Å². The third-order valence-electron chi connectivity index (χ3n) is 1.64. The zero-order valence-electron chi connectivity index (χ0n) is 9.92. The van der Waals surface area contributed by atoms with E-state index in [-0.39, 0.29) is 5.60 Å². The summed E-state index contributed by atoms with van der Waals surface area (Å²) in [5.41, 5.74) is -0.208. The van der Waals surface area contributed by atoms with Gasteiger partial charge < -0.3 is 9.15 Å². The van der Waals surface area contributed by atoms with Gasteiger partial charge in [0.2, 0.25) is 0 Å². The highest BCUT2D eigenvalue weighted by molar-refractivity contribution is 5.32. The molecule has 0 aromatic carbocycles. The molecule has 80 valence electrons. The fourth-order valence-corrected chi connectivity index (χ4v) is 1.03. The molecule has 3 heteroatoms. The van der Waals surface area contributed by atoms with Crippen LogP contribution >= 0.6 is 0 Å². The third-order valence-corrected chi connectivity index (χ3v) is 1.64. The largest absolute Gasteiger partial charge is 0.459 e. The quantitative estimate of drug-likeness (QED) is 0.682. The van der Waals surface area contributed by atoms with Crippen LogP contribution in [-0.2, 0) is 0 Å². The summed E-state index contributed by atoms with van der Waals surface area (Å²) in [6.45, 7) is 6.00. The van der Waals surface area contributed by atoms with Crippen molar-refractivity contribution in [2.45, 2.75) is 26.4 Å². The summed E-state index contributed by atoms with van der Waals surface area (Å²) in [7, 11) is 6.17. The molecular formula is C11H20NO2+. The number of rotatable bonds is 2.